The number of rotatable bonds is 6. The topological polar surface area (TPSA) is 46.1 Å². The molecule has 5 nitrogen and oxygen atoms in total. The number of piperidine rings is 1. The minimum absolute atomic E-state index is 0. The molecule has 0 bridgehead atoms. The van der Waals surface area contributed by atoms with Gasteiger partial charge >= 0.3 is 0 Å². The molecule has 0 aromatic heterocycles. The first-order valence-electron chi connectivity index (χ1n) is 11.8. The second kappa shape index (κ2) is 13.7. The lowest BCUT2D eigenvalue weighted by Crippen LogP contribution is -2.44. The number of nitrogens with one attached hydrogen (secondary N) is 1. The van der Waals surface area contributed by atoms with E-state index in [0.717, 1.165) is 64.5 Å². The van der Waals surface area contributed by atoms with Crippen molar-refractivity contribution < 1.29 is 9.47 Å². The van der Waals surface area contributed by atoms with Crippen LogP contribution < -0.4 is 5.32 Å². The second-order valence-electron chi connectivity index (χ2n) is 8.54. The van der Waals surface area contributed by atoms with Gasteiger partial charge in [0.25, 0.3) is 0 Å². The molecule has 2 heterocycles. The number of benzene rings is 2. The molecule has 0 spiro atoms. The van der Waals surface area contributed by atoms with Crippen LogP contribution in [0.25, 0.3) is 6.08 Å². The van der Waals surface area contributed by atoms with Crippen molar-refractivity contribution in [1.29, 1.82) is 0 Å². The average Bonchev–Trinajstić information content (AvgIpc) is 2.86. The number of hydrogen-bond donors (Lipinski definition) is 1. The van der Waals surface area contributed by atoms with E-state index in [0.29, 0.717) is 12.7 Å². The van der Waals surface area contributed by atoms with Gasteiger partial charge in [-0.05, 0) is 42.4 Å². The number of likely N-dealkylation sites (tertiary alicyclic amines) is 1. The van der Waals surface area contributed by atoms with Gasteiger partial charge in [-0.2, -0.15) is 0 Å². The van der Waals surface area contributed by atoms with Crippen LogP contribution in [0.1, 0.15) is 42.4 Å². The van der Waals surface area contributed by atoms with E-state index in [9.17, 15) is 0 Å². The number of aliphatic imine (C=N–C) groups is 1. The van der Waals surface area contributed by atoms with Gasteiger partial charge in [-0.3, -0.25) is 4.99 Å². The summed E-state index contributed by atoms with van der Waals surface area (Å²) in [5.74, 6) is 0.982. The predicted octanol–water partition coefficient (Wildman–Crippen LogP) is 5.26. The van der Waals surface area contributed by atoms with Crippen molar-refractivity contribution in [3.05, 3.63) is 76.9 Å². The van der Waals surface area contributed by atoms with Crippen molar-refractivity contribution in [1.82, 2.24) is 10.2 Å². The molecule has 178 valence electrons. The van der Waals surface area contributed by atoms with E-state index >= 15 is 0 Å². The number of guanidine groups is 1. The molecule has 2 aliphatic rings. The third kappa shape index (κ3) is 8.12. The molecule has 0 saturated carbocycles. The minimum Gasteiger partial charge on any atom is -0.381 e. The van der Waals surface area contributed by atoms with Crippen LogP contribution in [0.2, 0.25) is 0 Å². The highest BCUT2D eigenvalue weighted by Gasteiger charge is 2.17. The first kappa shape index (κ1) is 25.7. The molecule has 6 heteroatoms. The van der Waals surface area contributed by atoms with E-state index < -0.39 is 0 Å². The Balaban J connectivity index is 0.00000306. The van der Waals surface area contributed by atoms with Crippen LogP contribution in [0.5, 0.6) is 0 Å². The average molecular weight is 562 g/mol. The highest BCUT2D eigenvalue weighted by Crippen LogP contribution is 2.20. The van der Waals surface area contributed by atoms with Crippen molar-refractivity contribution in [2.45, 2.75) is 44.9 Å². The Morgan fingerprint density at radius 3 is 2.36 bits per heavy atom. The molecule has 1 N–H and O–H groups in total. The molecule has 0 atom stereocenters. The van der Waals surface area contributed by atoms with Crippen molar-refractivity contribution in [3.8, 4) is 0 Å². The molecular weight excluding hydrogens is 525 g/mol. The third-order valence-electron chi connectivity index (χ3n) is 6.21. The van der Waals surface area contributed by atoms with Crippen LogP contribution in [0.3, 0.4) is 0 Å². The molecule has 0 unspecified atom stereocenters. The third-order valence-corrected chi connectivity index (χ3v) is 6.21. The van der Waals surface area contributed by atoms with Crippen molar-refractivity contribution in [2.75, 3.05) is 33.4 Å². The van der Waals surface area contributed by atoms with Crippen LogP contribution >= 0.6 is 24.0 Å². The van der Waals surface area contributed by atoms with Gasteiger partial charge < -0.3 is 19.7 Å². The zero-order valence-corrected chi connectivity index (χ0v) is 21.9. The SMILES string of the molecule is CN=C(NCc1ccc(COC2CCOCC2)cc1)N1CCC(=Cc2ccccc2)CC1.I. The normalized spacial score (nSPS) is 17.4. The molecule has 2 aromatic carbocycles. The monoisotopic (exact) mass is 561 g/mol. The maximum Gasteiger partial charge on any atom is 0.193 e. The van der Waals surface area contributed by atoms with Gasteiger partial charge in [0.2, 0.25) is 0 Å². The lowest BCUT2D eigenvalue weighted by Gasteiger charge is -2.31. The van der Waals surface area contributed by atoms with Crippen molar-refractivity contribution >= 4 is 36.0 Å². The first-order valence-corrected chi connectivity index (χ1v) is 11.8. The quantitative estimate of drug-likeness (QED) is 0.297. The minimum atomic E-state index is 0. The fourth-order valence-electron chi connectivity index (χ4n) is 4.26. The Morgan fingerprint density at radius 1 is 1.03 bits per heavy atom. The maximum atomic E-state index is 6.02. The standard InChI is InChI=1S/C27H35N3O2.HI/c1-28-27(30-15-11-23(12-16-30)19-22-5-3-2-4-6-22)29-20-24-7-9-25(10-8-24)21-32-26-13-17-31-18-14-26;/h2-10,19,26H,11-18,20-21H2,1H3,(H,28,29);1H. The van der Waals surface area contributed by atoms with Gasteiger partial charge in [0, 0.05) is 39.9 Å². The first-order chi connectivity index (χ1) is 15.8. The highest BCUT2D eigenvalue weighted by atomic mass is 127. The van der Waals surface area contributed by atoms with E-state index in [2.05, 4.69) is 75.9 Å². The van der Waals surface area contributed by atoms with Crippen molar-refractivity contribution in [2.24, 2.45) is 4.99 Å². The fraction of sp³-hybridized carbons (Fsp3) is 0.444. The molecule has 0 amide bonds. The fourth-order valence-corrected chi connectivity index (χ4v) is 4.26. The Kier molecular flexibility index (Phi) is 10.7. The smallest absolute Gasteiger partial charge is 0.193 e. The summed E-state index contributed by atoms with van der Waals surface area (Å²) >= 11 is 0. The summed E-state index contributed by atoms with van der Waals surface area (Å²) in [6.45, 7) is 5.09. The van der Waals surface area contributed by atoms with E-state index in [4.69, 9.17) is 9.47 Å². The molecule has 33 heavy (non-hydrogen) atoms. The zero-order valence-electron chi connectivity index (χ0n) is 19.5. The number of halogens is 1. The summed E-state index contributed by atoms with van der Waals surface area (Å²) in [4.78, 5) is 6.88. The van der Waals surface area contributed by atoms with E-state index in [1.54, 1.807) is 0 Å². The molecule has 2 aliphatic heterocycles. The van der Waals surface area contributed by atoms with Crippen LogP contribution in [0.15, 0.2) is 65.2 Å². The lowest BCUT2D eigenvalue weighted by atomic mass is 10.0. The molecule has 2 saturated heterocycles. The summed E-state index contributed by atoms with van der Waals surface area (Å²) in [7, 11) is 1.87. The van der Waals surface area contributed by atoms with Crippen molar-refractivity contribution in [3.63, 3.8) is 0 Å². The number of hydrogen-bond acceptors (Lipinski definition) is 3. The summed E-state index contributed by atoms with van der Waals surface area (Å²) in [5, 5.41) is 3.53. The van der Waals surface area contributed by atoms with Crippen LogP contribution in [-0.4, -0.2) is 50.3 Å². The van der Waals surface area contributed by atoms with Crippen LogP contribution in [0, 0.1) is 0 Å². The summed E-state index contributed by atoms with van der Waals surface area (Å²) in [5.41, 5.74) is 5.28. The van der Waals surface area contributed by atoms with Gasteiger partial charge in [-0.15, -0.1) is 24.0 Å². The van der Waals surface area contributed by atoms with Gasteiger partial charge in [0.05, 0.1) is 12.7 Å². The molecule has 2 aromatic rings. The second-order valence-corrected chi connectivity index (χ2v) is 8.54. The van der Waals surface area contributed by atoms with Gasteiger partial charge in [-0.25, -0.2) is 0 Å². The van der Waals surface area contributed by atoms with Gasteiger partial charge in [-0.1, -0.05) is 66.2 Å². The Labute approximate surface area is 215 Å². The Hall–Kier alpha value is -1.90. The van der Waals surface area contributed by atoms with Gasteiger partial charge in [0.1, 0.15) is 0 Å². The summed E-state index contributed by atoms with van der Waals surface area (Å²) < 4.78 is 11.4. The largest absolute Gasteiger partial charge is 0.381 e. The van der Waals surface area contributed by atoms with E-state index in [1.807, 2.05) is 7.05 Å². The zero-order chi connectivity index (χ0) is 22.0. The maximum absolute atomic E-state index is 6.02. The van der Waals surface area contributed by atoms with E-state index in [1.165, 1.54) is 22.3 Å². The molecule has 4 rings (SSSR count). The lowest BCUT2D eigenvalue weighted by molar-refractivity contribution is -0.0390. The molecular formula is C27H36IN3O2. The summed E-state index contributed by atoms with van der Waals surface area (Å²) in [6, 6.07) is 19.3. The van der Waals surface area contributed by atoms with Gasteiger partial charge in [0.15, 0.2) is 5.96 Å². The van der Waals surface area contributed by atoms with E-state index in [-0.39, 0.29) is 24.0 Å². The molecule has 0 aliphatic carbocycles. The predicted molar refractivity (Wildman–Crippen MR) is 146 cm³/mol. The molecule has 2 fully saturated rings. The summed E-state index contributed by atoms with van der Waals surface area (Å²) in [6.07, 6.45) is 6.83. The van der Waals surface area contributed by atoms with Crippen LogP contribution in [-0.2, 0) is 22.6 Å². The Morgan fingerprint density at radius 2 is 1.70 bits per heavy atom. The van der Waals surface area contributed by atoms with Crippen LogP contribution in [0.4, 0.5) is 0 Å². The Bertz CT molecular complexity index is 883. The number of nitrogens with zero attached hydrogens (tertiary/aromatic N) is 2. The molecule has 0 radical (unpaired) electrons. The highest BCUT2D eigenvalue weighted by molar-refractivity contribution is 14.0. The number of ether oxygens (including phenoxy) is 2.